The molecule has 1 rings (SSSR count). The fourth-order valence-corrected chi connectivity index (χ4v) is 1.99. The Labute approximate surface area is 95.6 Å². The molecule has 0 aliphatic rings. The monoisotopic (exact) mass is 228 g/mol. The third-order valence-electron chi connectivity index (χ3n) is 2.13. The molecule has 5 heteroatoms. The Balaban J connectivity index is 2.80. The minimum atomic E-state index is 0.614. The number of nitrogens with zero attached hydrogens (tertiary/aromatic N) is 3. The number of thioether (sulfide) groups is 1. The zero-order chi connectivity index (χ0) is 11.3. The van der Waals surface area contributed by atoms with Crippen molar-refractivity contribution in [1.29, 1.82) is 0 Å². The van der Waals surface area contributed by atoms with E-state index in [-0.39, 0.29) is 0 Å². The van der Waals surface area contributed by atoms with Crippen molar-refractivity contribution in [3.8, 4) is 0 Å². The maximum Gasteiger partial charge on any atom is 0.190 e. The van der Waals surface area contributed by atoms with Crippen LogP contribution in [0.5, 0.6) is 0 Å². The van der Waals surface area contributed by atoms with E-state index in [0.717, 1.165) is 30.4 Å². The van der Waals surface area contributed by atoms with Crippen LogP contribution in [0.25, 0.3) is 0 Å². The van der Waals surface area contributed by atoms with Crippen molar-refractivity contribution in [2.45, 2.75) is 38.4 Å². The first-order valence-corrected chi connectivity index (χ1v) is 6.57. The van der Waals surface area contributed by atoms with Crippen LogP contribution in [-0.4, -0.2) is 27.6 Å². The van der Waals surface area contributed by atoms with Crippen LogP contribution in [0.1, 0.15) is 26.1 Å². The average Bonchev–Trinajstić information content (AvgIpc) is 2.57. The second-order valence-electron chi connectivity index (χ2n) is 4.00. The van der Waals surface area contributed by atoms with Gasteiger partial charge in [0.25, 0.3) is 0 Å². The molecule has 86 valence electrons. The predicted octanol–water partition coefficient (Wildman–Crippen LogP) is 1.55. The van der Waals surface area contributed by atoms with Gasteiger partial charge in [0.15, 0.2) is 5.16 Å². The average molecular weight is 228 g/mol. The molecule has 0 aromatic carbocycles. The molecule has 0 aliphatic heterocycles. The van der Waals surface area contributed by atoms with Gasteiger partial charge in [0, 0.05) is 13.0 Å². The number of aromatic nitrogens is 3. The van der Waals surface area contributed by atoms with E-state index in [1.165, 1.54) is 0 Å². The second kappa shape index (κ2) is 6.12. The highest BCUT2D eigenvalue weighted by Crippen LogP contribution is 2.16. The van der Waals surface area contributed by atoms with Crippen LogP contribution in [0.3, 0.4) is 0 Å². The lowest BCUT2D eigenvalue weighted by atomic mass is 10.2. The van der Waals surface area contributed by atoms with Crippen molar-refractivity contribution >= 4 is 11.8 Å². The van der Waals surface area contributed by atoms with Gasteiger partial charge in [-0.05, 0) is 25.1 Å². The fraction of sp³-hybridized carbons (Fsp3) is 0.800. The summed E-state index contributed by atoms with van der Waals surface area (Å²) in [5.41, 5.74) is 5.50. The van der Waals surface area contributed by atoms with Crippen LogP contribution >= 0.6 is 11.8 Å². The normalized spacial score (nSPS) is 11.3. The molecule has 0 saturated carbocycles. The lowest BCUT2D eigenvalue weighted by molar-refractivity contribution is 0.477. The van der Waals surface area contributed by atoms with Gasteiger partial charge in [0.2, 0.25) is 0 Å². The van der Waals surface area contributed by atoms with Gasteiger partial charge in [-0.25, -0.2) is 0 Å². The summed E-state index contributed by atoms with van der Waals surface area (Å²) in [6.45, 7) is 6.11. The van der Waals surface area contributed by atoms with Gasteiger partial charge in [-0.3, -0.25) is 0 Å². The molecule has 0 unspecified atom stereocenters. The predicted molar refractivity (Wildman–Crippen MR) is 64.0 cm³/mol. The van der Waals surface area contributed by atoms with Crippen molar-refractivity contribution in [3.05, 3.63) is 5.82 Å². The van der Waals surface area contributed by atoms with E-state index in [9.17, 15) is 0 Å². The topological polar surface area (TPSA) is 56.7 Å². The molecular weight excluding hydrogens is 208 g/mol. The number of aryl methyl sites for hydroxylation is 1. The molecule has 0 radical (unpaired) electrons. The van der Waals surface area contributed by atoms with Crippen LogP contribution in [0.15, 0.2) is 5.16 Å². The van der Waals surface area contributed by atoms with Crippen molar-refractivity contribution < 1.29 is 0 Å². The van der Waals surface area contributed by atoms with E-state index in [1.807, 2.05) is 6.26 Å². The summed E-state index contributed by atoms with van der Waals surface area (Å²) in [7, 11) is 0. The van der Waals surface area contributed by atoms with E-state index in [4.69, 9.17) is 5.73 Å². The fourth-order valence-electron chi connectivity index (χ4n) is 1.46. The highest BCUT2D eigenvalue weighted by Gasteiger charge is 2.11. The highest BCUT2D eigenvalue weighted by atomic mass is 32.2. The van der Waals surface area contributed by atoms with E-state index in [0.29, 0.717) is 12.5 Å². The van der Waals surface area contributed by atoms with E-state index in [2.05, 4.69) is 28.6 Å². The largest absolute Gasteiger partial charge is 0.330 e. The lowest BCUT2D eigenvalue weighted by Gasteiger charge is -2.11. The number of nitrogens with two attached hydrogens (primary N) is 1. The Morgan fingerprint density at radius 2 is 2.13 bits per heavy atom. The number of hydrogen-bond donors (Lipinski definition) is 1. The molecule has 0 fully saturated rings. The molecule has 15 heavy (non-hydrogen) atoms. The van der Waals surface area contributed by atoms with Crippen molar-refractivity contribution in [3.63, 3.8) is 0 Å². The van der Waals surface area contributed by atoms with Gasteiger partial charge in [-0.1, -0.05) is 25.6 Å². The minimum Gasteiger partial charge on any atom is -0.330 e. The van der Waals surface area contributed by atoms with E-state index >= 15 is 0 Å². The Bertz CT molecular complexity index is 296. The number of rotatable bonds is 6. The summed E-state index contributed by atoms with van der Waals surface area (Å²) in [6, 6.07) is 0. The molecule has 4 nitrogen and oxygen atoms in total. The SMILES string of the molecule is CSc1nnc(CCCN)n1CC(C)C. The Hall–Kier alpha value is -0.550. The standard InChI is InChI=1S/C10H20N4S/c1-8(2)7-14-9(5-4-6-11)12-13-10(14)15-3/h8H,4-7,11H2,1-3H3. The van der Waals surface area contributed by atoms with Crippen LogP contribution in [-0.2, 0) is 13.0 Å². The number of hydrogen-bond acceptors (Lipinski definition) is 4. The van der Waals surface area contributed by atoms with Crippen LogP contribution in [0, 0.1) is 5.92 Å². The Morgan fingerprint density at radius 1 is 1.40 bits per heavy atom. The van der Waals surface area contributed by atoms with Gasteiger partial charge in [0.05, 0.1) is 0 Å². The van der Waals surface area contributed by atoms with Crippen LogP contribution in [0.2, 0.25) is 0 Å². The summed E-state index contributed by atoms with van der Waals surface area (Å²) in [5, 5.41) is 9.40. The van der Waals surface area contributed by atoms with Crippen molar-refractivity contribution in [2.24, 2.45) is 11.7 Å². The molecule has 2 N–H and O–H groups in total. The van der Waals surface area contributed by atoms with Crippen LogP contribution < -0.4 is 5.73 Å². The summed E-state index contributed by atoms with van der Waals surface area (Å²) in [4.78, 5) is 0. The lowest BCUT2D eigenvalue weighted by Crippen LogP contribution is -2.11. The third kappa shape index (κ3) is 3.50. The molecule has 0 atom stereocenters. The maximum atomic E-state index is 5.50. The quantitative estimate of drug-likeness (QED) is 0.751. The summed E-state index contributed by atoms with van der Waals surface area (Å²) < 4.78 is 2.21. The van der Waals surface area contributed by atoms with Crippen LogP contribution in [0.4, 0.5) is 0 Å². The molecule has 0 spiro atoms. The molecule has 0 bridgehead atoms. The molecule has 1 aromatic heterocycles. The van der Waals surface area contributed by atoms with E-state index < -0.39 is 0 Å². The van der Waals surface area contributed by atoms with Crippen molar-refractivity contribution in [1.82, 2.24) is 14.8 Å². The maximum absolute atomic E-state index is 5.50. The van der Waals surface area contributed by atoms with E-state index in [1.54, 1.807) is 11.8 Å². The van der Waals surface area contributed by atoms with Gasteiger partial charge in [-0.2, -0.15) is 0 Å². The first kappa shape index (κ1) is 12.5. The summed E-state index contributed by atoms with van der Waals surface area (Å²) >= 11 is 1.65. The zero-order valence-electron chi connectivity index (χ0n) is 9.73. The first-order chi connectivity index (χ1) is 7.19. The Morgan fingerprint density at radius 3 is 2.67 bits per heavy atom. The summed E-state index contributed by atoms with van der Waals surface area (Å²) in [6.07, 6.45) is 3.94. The van der Waals surface area contributed by atoms with Gasteiger partial charge >= 0.3 is 0 Å². The molecular formula is C10H20N4S. The van der Waals surface area contributed by atoms with Gasteiger partial charge in [0.1, 0.15) is 5.82 Å². The summed E-state index contributed by atoms with van der Waals surface area (Å²) in [5.74, 6) is 1.68. The molecule has 1 aromatic rings. The highest BCUT2D eigenvalue weighted by molar-refractivity contribution is 7.98. The minimum absolute atomic E-state index is 0.614. The molecule has 0 aliphatic carbocycles. The molecule has 1 heterocycles. The smallest absolute Gasteiger partial charge is 0.190 e. The van der Waals surface area contributed by atoms with Crippen molar-refractivity contribution in [2.75, 3.05) is 12.8 Å². The first-order valence-electron chi connectivity index (χ1n) is 5.35. The zero-order valence-corrected chi connectivity index (χ0v) is 10.5. The molecule has 0 saturated heterocycles. The van der Waals surface area contributed by atoms with Gasteiger partial charge in [-0.15, -0.1) is 10.2 Å². The Kier molecular flexibility index (Phi) is 5.11. The van der Waals surface area contributed by atoms with Gasteiger partial charge < -0.3 is 10.3 Å². The third-order valence-corrected chi connectivity index (χ3v) is 2.80. The second-order valence-corrected chi connectivity index (χ2v) is 4.77. The molecule has 0 amide bonds.